The molecule has 0 saturated heterocycles. The van der Waals surface area contributed by atoms with Crippen LogP contribution in [0.3, 0.4) is 0 Å². The van der Waals surface area contributed by atoms with E-state index in [1.807, 2.05) is 0 Å². The maximum atomic E-state index is 10.5. The topological polar surface area (TPSA) is 109 Å². The maximum Gasteiger partial charge on any atom is 0.326 e. The average Bonchev–Trinajstić information content (AvgIpc) is 1.96. The van der Waals surface area contributed by atoms with Crippen molar-refractivity contribution in [2.45, 2.75) is 25.8 Å². The van der Waals surface area contributed by atoms with Crippen molar-refractivity contribution in [3.63, 3.8) is 0 Å². The van der Waals surface area contributed by atoms with E-state index >= 15 is 0 Å². The number of nitrogens with one attached hydrogen (secondary N) is 1. The first-order valence-corrected chi connectivity index (χ1v) is 3.71. The zero-order chi connectivity index (χ0) is 10.4. The molecule has 1 atom stereocenters. The Balaban J connectivity index is 0. The first-order chi connectivity index (χ1) is 5.93. The number of nitrogens with two attached hydrogens (primary N) is 1. The van der Waals surface area contributed by atoms with Gasteiger partial charge in [-0.05, 0) is 6.42 Å². The summed E-state index contributed by atoms with van der Waals surface area (Å²) in [6.07, 6.45) is -0.0402. The largest absolute Gasteiger partial charge is 0.480 e. The number of carbonyl (C=O) groups is 3. The van der Waals surface area contributed by atoms with E-state index in [9.17, 15) is 14.4 Å². The molecule has 75 valence electrons. The Labute approximate surface area is 124 Å². The van der Waals surface area contributed by atoms with Crippen LogP contribution in [0.1, 0.15) is 19.8 Å². The Morgan fingerprint density at radius 3 is 2.21 bits per heavy atom. The smallest absolute Gasteiger partial charge is 0.326 e. The Hall–Kier alpha value is 0.0464. The number of amides is 2. The maximum absolute atomic E-state index is 10.5. The summed E-state index contributed by atoms with van der Waals surface area (Å²) >= 11 is 0. The van der Waals surface area contributed by atoms with Crippen molar-refractivity contribution >= 4 is 69.2 Å². The van der Waals surface area contributed by atoms with E-state index in [0.29, 0.717) is 0 Å². The van der Waals surface area contributed by atoms with Crippen molar-refractivity contribution in [1.82, 2.24) is 5.32 Å². The summed E-state index contributed by atoms with van der Waals surface area (Å²) in [5, 5.41) is 10.8. The number of carboxylic acids is 1. The van der Waals surface area contributed by atoms with Gasteiger partial charge in [-0.3, -0.25) is 9.59 Å². The van der Waals surface area contributed by atoms with Crippen LogP contribution in [0.15, 0.2) is 0 Å². The first-order valence-electron chi connectivity index (χ1n) is 3.71. The molecule has 0 unspecified atom stereocenters. The average molecular weight is 227 g/mol. The molecular formula is C7H12KN2O4. The van der Waals surface area contributed by atoms with Gasteiger partial charge in [0.15, 0.2) is 0 Å². The molecule has 0 rings (SSSR count). The first kappa shape index (κ1) is 16.5. The van der Waals surface area contributed by atoms with Crippen molar-refractivity contribution in [3.05, 3.63) is 0 Å². The van der Waals surface area contributed by atoms with E-state index in [-0.39, 0.29) is 64.2 Å². The number of carbonyl (C=O) groups excluding carboxylic acids is 2. The number of rotatable bonds is 5. The Kier molecular flexibility index (Phi) is 9.84. The Morgan fingerprint density at radius 1 is 1.43 bits per heavy atom. The third-order valence-corrected chi connectivity index (χ3v) is 1.36. The minimum atomic E-state index is -1.17. The molecule has 0 aliphatic carbocycles. The van der Waals surface area contributed by atoms with E-state index < -0.39 is 23.8 Å². The van der Waals surface area contributed by atoms with Gasteiger partial charge in [-0.1, -0.05) is 0 Å². The standard InChI is InChI=1S/C7H12N2O4.K/c1-4(10)9-5(7(12)13)2-3-6(8)11;/h5H,2-3H2,1H3,(H2,8,11)(H,9,10)(H,12,13);/t5-;/m0./s1. The van der Waals surface area contributed by atoms with Crippen molar-refractivity contribution in [2.75, 3.05) is 0 Å². The summed E-state index contributed by atoms with van der Waals surface area (Å²) in [5.74, 6) is -2.20. The van der Waals surface area contributed by atoms with Gasteiger partial charge in [0.1, 0.15) is 6.04 Å². The van der Waals surface area contributed by atoms with Crippen molar-refractivity contribution in [1.29, 1.82) is 0 Å². The summed E-state index contributed by atoms with van der Waals surface area (Å²) in [7, 11) is 0. The molecule has 14 heavy (non-hydrogen) atoms. The van der Waals surface area contributed by atoms with Crippen molar-refractivity contribution < 1.29 is 19.5 Å². The van der Waals surface area contributed by atoms with Crippen LogP contribution in [-0.4, -0.2) is 80.3 Å². The fourth-order valence-electron chi connectivity index (χ4n) is 0.789. The molecule has 1 radical (unpaired) electrons. The molecular weight excluding hydrogens is 215 g/mol. The summed E-state index contributed by atoms with van der Waals surface area (Å²) in [6, 6.07) is -1.04. The van der Waals surface area contributed by atoms with Gasteiger partial charge in [0.2, 0.25) is 11.8 Å². The van der Waals surface area contributed by atoms with E-state index in [0.717, 1.165) is 0 Å². The summed E-state index contributed by atoms with van der Waals surface area (Å²) in [5.41, 5.74) is 4.83. The molecule has 2 amide bonds. The molecule has 4 N–H and O–H groups in total. The summed E-state index contributed by atoms with van der Waals surface area (Å²) < 4.78 is 0. The molecule has 0 fully saturated rings. The molecule has 0 aromatic rings. The minimum Gasteiger partial charge on any atom is -0.480 e. The number of hydrogen-bond acceptors (Lipinski definition) is 3. The fourth-order valence-corrected chi connectivity index (χ4v) is 0.789. The van der Waals surface area contributed by atoms with E-state index in [2.05, 4.69) is 5.32 Å². The fraction of sp³-hybridized carbons (Fsp3) is 0.571. The predicted octanol–water partition coefficient (Wildman–Crippen LogP) is -1.54. The third-order valence-electron chi connectivity index (χ3n) is 1.36. The monoisotopic (exact) mass is 227 g/mol. The van der Waals surface area contributed by atoms with Crippen molar-refractivity contribution in [3.8, 4) is 0 Å². The van der Waals surface area contributed by atoms with Gasteiger partial charge in [0.25, 0.3) is 0 Å². The van der Waals surface area contributed by atoms with Crippen LogP contribution in [0.2, 0.25) is 0 Å². The van der Waals surface area contributed by atoms with Crippen LogP contribution in [0.5, 0.6) is 0 Å². The van der Waals surface area contributed by atoms with Gasteiger partial charge < -0.3 is 16.2 Å². The van der Waals surface area contributed by atoms with Gasteiger partial charge in [-0.15, -0.1) is 0 Å². The van der Waals surface area contributed by atoms with Crippen LogP contribution in [0.25, 0.3) is 0 Å². The molecule has 0 aliphatic rings. The number of carboxylic acid groups (broad SMARTS) is 1. The second-order valence-corrected chi connectivity index (χ2v) is 2.60. The third kappa shape index (κ3) is 8.64. The van der Waals surface area contributed by atoms with Crippen LogP contribution in [0.4, 0.5) is 0 Å². The van der Waals surface area contributed by atoms with Crippen LogP contribution >= 0.6 is 0 Å². The second kappa shape index (κ2) is 8.36. The van der Waals surface area contributed by atoms with Gasteiger partial charge >= 0.3 is 5.97 Å². The van der Waals surface area contributed by atoms with Crippen LogP contribution in [-0.2, 0) is 14.4 Å². The Morgan fingerprint density at radius 2 is 1.93 bits per heavy atom. The quantitative estimate of drug-likeness (QED) is 0.494. The molecule has 0 spiro atoms. The summed E-state index contributed by atoms with van der Waals surface area (Å²) in [4.78, 5) is 31.3. The molecule has 0 saturated carbocycles. The summed E-state index contributed by atoms with van der Waals surface area (Å²) in [6.45, 7) is 1.21. The molecule has 0 heterocycles. The number of aliphatic carboxylic acids is 1. The van der Waals surface area contributed by atoms with E-state index in [1.54, 1.807) is 0 Å². The molecule has 0 aromatic carbocycles. The molecule has 7 heteroatoms. The van der Waals surface area contributed by atoms with E-state index in [1.165, 1.54) is 6.92 Å². The number of primary amides is 1. The van der Waals surface area contributed by atoms with Crippen molar-refractivity contribution in [2.24, 2.45) is 5.73 Å². The minimum absolute atomic E-state index is 0. The SMILES string of the molecule is CC(=O)N[C@@H](CCC(N)=O)C(=O)O.[K]. The second-order valence-electron chi connectivity index (χ2n) is 2.60. The van der Waals surface area contributed by atoms with Gasteiger partial charge in [0, 0.05) is 64.7 Å². The molecule has 0 aromatic heterocycles. The number of hydrogen-bond donors (Lipinski definition) is 3. The molecule has 6 nitrogen and oxygen atoms in total. The van der Waals surface area contributed by atoms with Gasteiger partial charge in [0.05, 0.1) is 0 Å². The van der Waals surface area contributed by atoms with E-state index in [4.69, 9.17) is 10.8 Å². The molecule has 0 aliphatic heterocycles. The predicted molar refractivity (Wildman–Crippen MR) is 49.4 cm³/mol. The van der Waals surface area contributed by atoms with Crippen LogP contribution < -0.4 is 11.1 Å². The van der Waals surface area contributed by atoms with Gasteiger partial charge in [-0.25, -0.2) is 4.79 Å². The zero-order valence-corrected chi connectivity index (χ0v) is 11.4. The Bertz CT molecular complexity index is 232. The molecule has 0 bridgehead atoms. The zero-order valence-electron chi connectivity index (χ0n) is 8.24. The van der Waals surface area contributed by atoms with Crippen LogP contribution in [0, 0.1) is 0 Å². The van der Waals surface area contributed by atoms with Gasteiger partial charge in [-0.2, -0.15) is 0 Å². The normalized spacial score (nSPS) is 10.9.